The van der Waals surface area contributed by atoms with Crippen LogP contribution in [0.2, 0.25) is 0 Å². The van der Waals surface area contributed by atoms with Gasteiger partial charge in [0.1, 0.15) is 5.82 Å². The Morgan fingerprint density at radius 1 is 1.23 bits per heavy atom. The first-order valence-corrected chi connectivity index (χ1v) is 8.02. The Morgan fingerprint density at radius 2 is 2.09 bits per heavy atom. The second-order valence-corrected chi connectivity index (χ2v) is 5.89. The third kappa shape index (κ3) is 2.28. The van der Waals surface area contributed by atoms with Crippen molar-refractivity contribution in [2.75, 3.05) is 0 Å². The Labute approximate surface area is 128 Å². The van der Waals surface area contributed by atoms with Gasteiger partial charge in [-0.15, -0.1) is 0 Å². The summed E-state index contributed by atoms with van der Waals surface area (Å²) in [5.74, 6) is 2.76. The molecular formula is C16H19N5O. The van der Waals surface area contributed by atoms with E-state index in [2.05, 4.69) is 32.0 Å². The van der Waals surface area contributed by atoms with E-state index in [9.17, 15) is 0 Å². The number of hydrogen-bond donors (Lipinski definition) is 1. The van der Waals surface area contributed by atoms with Crippen LogP contribution in [0.1, 0.15) is 56.6 Å². The van der Waals surface area contributed by atoms with Crippen LogP contribution in [0.3, 0.4) is 0 Å². The molecule has 0 aromatic carbocycles. The average Bonchev–Trinajstić information content (AvgIpc) is 3.22. The van der Waals surface area contributed by atoms with Gasteiger partial charge in [-0.05, 0) is 18.9 Å². The molecule has 0 atom stereocenters. The number of pyridine rings is 1. The van der Waals surface area contributed by atoms with Crippen LogP contribution in [-0.4, -0.2) is 25.1 Å². The van der Waals surface area contributed by atoms with Crippen LogP contribution in [0.15, 0.2) is 16.8 Å². The van der Waals surface area contributed by atoms with E-state index < -0.39 is 0 Å². The lowest BCUT2D eigenvalue weighted by Crippen LogP contribution is -2.06. The number of hydrogen-bond acceptors (Lipinski definition) is 5. The smallest absolute Gasteiger partial charge is 0.260 e. The molecule has 0 saturated heterocycles. The number of H-pyrrole nitrogens is 1. The molecule has 0 unspecified atom stereocenters. The summed E-state index contributed by atoms with van der Waals surface area (Å²) in [6.07, 6.45) is 8.74. The summed E-state index contributed by atoms with van der Waals surface area (Å²) in [5.41, 5.74) is 2.46. The molecule has 3 aromatic heterocycles. The topological polar surface area (TPSA) is 80.5 Å². The lowest BCUT2D eigenvalue weighted by atomic mass is 9.89. The van der Waals surface area contributed by atoms with Crippen molar-refractivity contribution in [3.8, 4) is 11.5 Å². The molecule has 0 bridgehead atoms. The van der Waals surface area contributed by atoms with Gasteiger partial charge in [0.2, 0.25) is 0 Å². The highest BCUT2D eigenvalue weighted by molar-refractivity contribution is 5.86. The minimum atomic E-state index is 0.441. The van der Waals surface area contributed by atoms with E-state index in [4.69, 9.17) is 4.52 Å². The molecule has 0 radical (unpaired) electrons. The van der Waals surface area contributed by atoms with Crippen LogP contribution >= 0.6 is 0 Å². The van der Waals surface area contributed by atoms with Gasteiger partial charge < -0.3 is 9.51 Å². The van der Waals surface area contributed by atoms with Crippen molar-refractivity contribution >= 4 is 11.2 Å². The van der Waals surface area contributed by atoms with E-state index in [1.807, 2.05) is 6.07 Å². The first kappa shape index (κ1) is 13.4. The predicted molar refractivity (Wildman–Crippen MR) is 82.4 cm³/mol. The Hall–Kier alpha value is -2.24. The monoisotopic (exact) mass is 297 g/mol. The van der Waals surface area contributed by atoms with Gasteiger partial charge in [-0.3, -0.25) is 0 Å². The van der Waals surface area contributed by atoms with Gasteiger partial charge in [0.05, 0.1) is 11.1 Å². The fourth-order valence-corrected chi connectivity index (χ4v) is 3.18. The van der Waals surface area contributed by atoms with E-state index in [0.29, 0.717) is 17.5 Å². The summed E-state index contributed by atoms with van der Waals surface area (Å²) in [5, 5.41) is 4.21. The summed E-state index contributed by atoms with van der Waals surface area (Å²) >= 11 is 0. The van der Waals surface area contributed by atoms with Crippen LogP contribution in [0.25, 0.3) is 22.6 Å². The maximum absolute atomic E-state index is 5.52. The molecule has 3 heterocycles. The van der Waals surface area contributed by atoms with Crippen molar-refractivity contribution in [3.05, 3.63) is 23.9 Å². The van der Waals surface area contributed by atoms with Gasteiger partial charge in [-0.1, -0.05) is 31.3 Å². The maximum atomic E-state index is 5.52. The number of imidazole rings is 1. The summed E-state index contributed by atoms with van der Waals surface area (Å²) in [6, 6.07) is 1.90. The molecule has 6 heteroatoms. The molecule has 1 aliphatic carbocycles. The Morgan fingerprint density at radius 3 is 2.91 bits per heavy atom. The summed E-state index contributed by atoms with van der Waals surface area (Å²) in [4.78, 5) is 16.7. The minimum absolute atomic E-state index is 0.441. The summed E-state index contributed by atoms with van der Waals surface area (Å²) in [6.45, 7) is 2.06. The number of nitrogens with one attached hydrogen (secondary N) is 1. The average molecular weight is 297 g/mol. The number of rotatable bonds is 3. The molecule has 4 rings (SSSR count). The number of fused-ring (bicyclic) bond motifs is 1. The van der Waals surface area contributed by atoms with Crippen molar-refractivity contribution in [1.82, 2.24) is 25.1 Å². The van der Waals surface area contributed by atoms with E-state index in [0.717, 1.165) is 42.0 Å². The number of aromatic nitrogens is 5. The molecule has 22 heavy (non-hydrogen) atoms. The Bertz CT molecular complexity index is 785. The molecular weight excluding hydrogens is 278 g/mol. The van der Waals surface area contributed by atoms with Gasteiger partial charge in [-0.2, -0.15) is 4.98 Å². The minimum Gasteiger partial charge on any atom is -0.340 e. The highest BCUT2D eigenvalue weighted by Crippen LogP contribution is 2.32. The largest absolute Gasteiger partial charge is 0.340 e. The molecule has 114 valence electrons. The fraction of sp³-hybridized carbons (Fsp3) is 0.500. The van der Waals surface area contributed by atoms with Crippen molar-refractivity contribution in [2.24, 2.45) is 0 Å². The van der Waals surface area contributed by atoms with Crippen LogP contribution < -0.4 is 0 Å². The predicted octanol–water partition coefficient (Wildman–Crippen LogP) is 3.62. The standard InChI is InChI=1S/C16H19N5O/c1-2-12-18-13-11(8-9-17-15(13)19-12)16-20-14(21-22-16)10-6-4-3-5-7-10/h8-10H,2-7H2,1H3,(H,17,18,19). The van der Waals surface area contributed by atoms with E-state index in [1.54, 1.807) is 6.20 Å². The Kier molecular flexibility index (Phi) is 3.36. The zero-order valence-electron chi connectivity index (χ0n) is 12.7. The third-order valence-electron chi connectivity index (χ3n) is 4.42. The SMILES string of the molecule is CCc1nc2nccc(-c3nc(C4CCCCC4)no3)c2[nH]1. The zero-order valence-corrected chi connectivity index (χ0v) is 12.7. The number of nitrogens with zero attached hydrogens (tertiary/aromatic N) is 4. The molecule has 1 saturated carbocycles. The summed E-state index contributed by atoms with van der Waals surface area (Å²) < 4.78 is 5.52. The zero-order chi connectivity index (χ0) is 14.9. The quantitative estimate of drug-likeness (QED) is 0.798. The third-order valence-corrected chi connectivity index (χ3v) is 4.42. The molecule has 1 aliphatic rings. The molecule has 0 spiro atoms. The fourth-order valence-electron chi connectivity index (χ4n) is 3.18. The molecule has 1 fully saturated rings. The molecule has 6 nitrogen and oxygen atoms in total. The van der Waals surface area contributed by atoms with E-state index in [1.165, 1.54) is 19.3 Å². The second kappa shape index (κ2) is 5.51. The molecule has 1 N–H and O–H groups in total. The van der Waals surface area contributed by atoms with Crippen LogP contribution in [0.4, 0.5) is 0 Å². The van der Waals surface area contributed by atoms with Gasteiger partial charge in [-0.25, -0.2) is 9.97 Å². The van der Waals surface area contributed by atoms with Crippen molar-refractivity contribution in [1.29, 1.82) is 0 Å². The maximum Gasteiger partial charge on any atom is 0.260 e. The van der Waals surface area contributed by atoms with Crippen LogP contribution in [0.5, 0.6) is 0 Å². The first-order valence-electron chi connectivity index (χ1n) is 8.02. The van der Waals surface area contributed by atoms with E-state index in [-0.39, 0.29) is 0 Å². The lowest BCUT2D eigenvalue weighted by Gasteiger charge is -2.17. The molecule has 0 amide bonds. The number of aryl methyl sites for hydroxylation is 1. The van der Waals surface area contributed by atoms with Gasteiger partial charge in [0.25, 0.3) is 5.89 Å². The normalized spacial score (nSPS) is 16.4. The van der Waals surface area contributed by atoms with Crippen molar-refractivity contribution in [3.63, 3.8) is 0 Å². The van der Waals surface area contributed by atoms with E-state index >= 15 is 0 Å². The first-order chi connectivity index (χ1) is 10.8. The number of aromatic amines is 1. The summed E-state index contributed by atoms with van der Waals surface area (Å²) in [7, 11) is 0. The van der Waals surface area contributed by atoms with Gasteiger partial charge >= 0.3 is 0 Å². The second-order valence-electron chi connectivity index (χ2n) is 5.89. The highest BCUT2D eigenvalue weighted by Gasteiger charge is 2.22. The van der Waals surface area contributed by atoms with Crippen molar-refractivity contribution < 1.29 is 4.52 Å². The van der Waals surface area contributed by atoms with Crippen molar-refractivity contribution in [2.45, 2.75) is 51.4 Å². The van der Waals surface area contributed by atoms with Crippen LogP contribution in [-0.2, 0) is 6.42 Å². The highest BCUT2D eigenvalue weighted by atomic mass is 16.5. The lowest BCUT2D eigenvalue weighted by molar-refractivity contribution is 0.385. The Balaban J connectivity index is 1.72. The van der Waals surface area contributed by atoms with Gasteiger partial charge in [0.15, 0.2) is 11.5 Å². The molecule has 0 aliphatic heterocycles. The molecule has 3 aromatic rings. The van der Waals surface area contributed by atoms with Crippen LogP contribution in [0, 0.1) is 0 Å². The van der Waals surface area contributed by atoms with Gasteiger partial charge in [0, 0.05) is 18.5 Å².